The molecule has 2 aliphatic rings. The van der Waals surface area contributed by atoms with Gasteiger partial charge in [-0.2, -0.15) is 0 Å². The highest BCUT2D eigenvalue weighted by atomic mass is 16.5. The van der Waals surface area contributed by atoms with Gasteiger partial charge in [0.25, 0.3) is 5.91 Å². The molecule has 0 unspecified atom stereocenters. The number of likely N-dealkylation sites (tertiary alicyclic amines) is 1. The van der Waals surface area contributed by atoms with E-state index in [1.54, 1.807) is 7.11 Å². The highest BCUT2D eigenvalue weighted by Gasteiger charge is 2.29. The molecule has 0 atom stereocenters. The Morgan fingerprint density at radius 3 is 2.77 bits per heavy atom. The number of carbonyl (C=O) groups excluding carboxylic acids is 1. The van der Waals surface area contributed by atoms with E-state index in [1.165, 1.54) is 37.9 Å². The minimum absolute atomic E-state index is 0.147. The second kappa shape index (κ2) is 7.78. The molecule has 1 aromatic heterocycles. The van der Waals surface area contributed by atoms with Gasteiger partial charge in [0.05, 0.1) is 12.2 Å². The number of benzene rings is 2. The summed E-state index contributed by atoms with van der Waals surface area (Å²) in [6.07, 6.45) is 3.91. The molecular weight excluding hydrogens is 378 g/mol. The average Bonchev–Trinajstić information content (AvgIpc) is 3.35. The molecule has 5 rings (SSSR count). The molecule has 1 fully saturated rings. The van der Waals surface area contributed by atoms with Crippen LogP contribution in [-0.4, -0.2) is 41.1 Å². The van der Waals surface area contributed by atoms with Crippen LogP contribution in [0, 0.1) is 0 Å². The molecule has 1 saturated heterocycles. The predicted octanol–water partition coefficient (Wildman–Crippen LogP) is 3.92. The van der Waals surface area contributed by atoms with E-state index < -0.39 is 0 Å². The fraction of sp³-hybridized carbons (Fsp3) is 0.375. The number of hydrogen-bond acceptors (Lipinski definition) is 4. The van der Waals surface area contributed by atoms with Crippen molar-refractivity contribution in [2.75, 3.05) is 20.2 Å². The van der Waals surface area contributed by atoms with Crippen molar-refractivity contribution in [1.82, 2.24) is 15.2 Å². The van der Waals surface area contributed by atoms with Crippen LogP contribution in [-0.2, 0) is 24.4 Å². The van der Waals surface area contributed by atoms with E-state index in [0.717, 1.165) is 28.7 Å². The van der Waals surface area contributed by atoms with E-state index in [2.05, 4.69) is 39.5 Å². The first-order valence-corrected chi connectivity index (χ1v) is 10.6. The number of aromatic amines is 1. The molecule has 3 heterocycles. The maximum atomic E-state index is 12.5. The van der Waals surface area contributed by atoms with Crippen molar-refractivity contribution < 1.29 is 14.6 Å². The number of hydrogen-bond donors (Lipinski definition) is 3. The number of nitrogens with zero attached hydrogens (tertiary/aromatic N) is 1. The first kappa shape index (κ1) is 19.2. The summed E-state index contributed by atoms with van der Waals surface area (Å²) in [7, 11) is 1.60. The standard InChI is InChI=1S/C24H27N3O3/c1-30-14-17-10-18(22-19(23(17)28)12-25-24(22)29)21-11-16-9-15(5-6-20(16)26-21)13-27-7-3-2-4-8-27/h5-6,9-11,26,28H,2-4,7-8,12-14H2,1H3,(H,25,29). The number of aromatic nitrogens is 1. The Labute approximate surface area is 175 Å². The molecule has 3 N–H and O–H groups in total. The van der Waals surface area contributed by atoms with E-state index in [9.17, 15) is 9.90 Å². The lowest BCUT2D eigenvalue weighted by Gasteiger charge is -2.26. The molecule has 1 amide bonds. The van der Waals surface area contributed by atoms with E-state index in [4.69, 9.17) is 4.74 Å². The third-order valence-electron chi connectivity index (χ3n) is 6.26. The number of piperidine rings is 1. The highest BCUT2D eigenvalue weighted by molar-refractivity contribution is 6.06. The van der Waals surface area contributed by atoms with Crippen molar-refractivity contribution in [3.63, 3.8) is 0 Å². The lowest BCUT2D eigenvalue weighted by atomic mass is 9.96. The van der Waals surface area contributed by atoms with Crippen LogP contribution in [0.2, 0.25) is 0 Å². The van der Waals surface area contributed by atoms with Crippen molar-refractivity contribution in [3.05, 3.63) is 52.6 Å². The minimum atomic E-state index is -0.149. The zero-order valence-electron chi connectivity index (χ0n) is 17.3. The van der Waals surface area contributed by atoms with Crippen LogP contribution in [0.25, 0.3) is 22.2 Å². The molecule has 0 radical (unpaired) electrons. The van der Waals surface area contributed by atoms with Gasteiger partial charge >= 0.3 is 0 Å². The smallest absolute Gasteiger partial charge is 0.252 e. The molecule has 0 saturated carbocycles. The van der Waals surface area contributed by atoms with Crippen LogP contribution >= 0.6 is 0 Å². The molecule has 0 aliphatic carbocycles. The number of nitrogens with one attached hydrogen (secondary N) is 2. The molecule has 30 heavy (non-hydrogen) atoms. The Balaban J connectivity index is 1.54. The Morgan fingerprint density at radius 2 is 1.97 bits per heavy atom. The normalized spacial score (nSPS) is 16.8. The second-order valence-electron chi connectivity index (χ2n) is 8.34. The van der Waals surface area contributed by atoms with Gasteiger partial charge < -0.3 is 20.1 Å². The number of carbonyl (C=O) groups is 1. The summed E-state index contributed by atoms with van der Waals surface area (Å²) < 4.78 is 5.25. The number of H-pyrrole nitrogens is 1. The zero-order chi connectivity index (χ0) is 20.7. The topological polar surface area (TPSA) is 77.6 Å². The zero-order valence-corrected chi connectivity index (χ0v) is 17.3. The molecular formula is C24H27N3O3. The first-order chi connectivity index (χ1) is 14.6. The van der Waals surface area contributed by atoms with Gasteiger partial charge in [-0.3, -0.25) is 9.69 Å². The number of fused-ring (bicyclic) bond motifs is 2. The van der Waals surface area contributed by atoms with Crippen LogP contribution in [0.1, 0.15) is 46.3 Å². The van der Waals surface area contributed by atoms with Crippen LogP contribution in [0.15, 0.2) is 30.3 Å². The van der Waals surface area contributed by atoms with Crippen molar-refractivity contribution in [2.45, 2.75) is 39.0 Å². The number of aromatic hydroxyl groups is 1. The van der Waals surface area contributed by atoms with Crippen molar-refractivity contribution in [2.24, 2.45) is 0 Å². The summed E-state index contributed by atoms with van der Waals surface area (Å²) in [4.78, 5) is 18.5. The van der Waals surface area contributed by atoms with Gasteiger partial charge in [-0.05, 0) is 55.8 Å². The predicted molar refractivity (Wildman–Crippen MR) is 116 cm³/mol. The summed E-state index contributed by atoms with van der Waals surface area (Å²) in [5, 5.41) is 14.5. The van der Waals surface area contributed by atoms with Crippen LogP contribution in [0.3, 0.4) is 0 Å². The third-order valence-corrected chi connectivity index (χ3v) is 6.26. The van der Waals surface area contributed by atoms with E-state index in [-0.39, 0.29) is 11.7 Å². The van der Waals surface area contributed by atoms with Crippen LogP contribution in [0.4, 0.5) is 0 Å². The lowest BCUT2D eigenvalue weighted by Crippen LogP contribution is -2.28. The lowest BCUT2D eigenvalue weighted by molar-refractivity contribution is 0.0966. The maximum Gasteiger partial charge on any atom is 0.252 e. The molecule has 3 aromatic rings. The number of phenolic OH excluding ortho intramolecular Hbond substituents is 1. The molecule has 156 valence electrons. The van der Waals surface area contributed by atoms with Crippen LogP contribution in [0.5, 0.6) is 5.75 Å². The van der Waals surface area contributed by atoms with E-state index >= 15 is 0 Å². The summed E-state index contributed by atoms with van der Waals surface area (Å²) in [6, 6.07) is 10.5. The summed E-state index contributed by atoms with van der Waals surface area (Å²) in [5.41, 5.74) is 5.92. The Kier molecular flexibility index (Phi) is 4.97. The quantitative estimate of drug-likeness (QED) is 0.601. The molecule has 0 spiro atoms. The molecule has 2 aliphatic heterocycles. The highest BCUT2D eigenvalue weighted by Crippen LogP contribution is 2.38. The number of amides is 1. The fourth-order valence-electron chi connectivity index (χ4n) is 4.76. The van der Waals surface area contributed by atoms with Crippen molar-refractivity contribution in [3.8, 4) is 17.0 Å². The Hall–Kier alpha value is -2.83. The van der Waals surface area contributed by atoms with Crippen LogP contribution < -0.4 is 5.32 Å². The van der Waals surface area contributed by atoms with E-state index in [0.29, 0.717) is 29.8 Å². The third kappa shape index (κ3) is 3.36. The van der Waals surface area contributed by atoms with Crippen molar-refractivity contribution in [1.29, 1.82) is 0 Å². The average molecular weight is 405 g/mol. The number of phenols is 1. The summed E-state index contributed by atoms with van der Waals surface area (Å²) in [5.74, 6) is -0.00223. The number of methoxy groups -OCH3 is 1. The maximum absolute atomic E-state index is 12.5. The van der Waals surface area contributed by atoms with Gasteiger partial charge in [0.1, 0.15) is 5.75 Å². The molecule has 0 bridgehead atoms. The Bertz CT molecular complexity index is 1110. The molecule has 6 nitrogen and oxygen atoms in total. The summed E-state index contributed by atoms with van der Waals surface area (Å²) >= 11 is 0. The van der Waals surface area contributed by atoms with Gasteiger partial charge in [0.2, 0.25) is 0 Å². The molecule has 6 heteroatoms. The SMILES string of the molecule is COCc1cc(-c2cc3cc(CN4CCCCC4)ccc3[nH]2)c2c(c1O)CNC2=O. The van der Waals surface area contributed by atoms with Gasteiger partial charge in [0, 0.05) is 53.5 Å². The minimum Gasteiger partial charge on any atom is -0.507 e. The summed E-state index contributed by atoms with van der Waals surface area (Å²) in [6.45, 7) is 3.96. The first-order valence-electron chi connectivity index (χ1n) is 10.6. The van der Waals surface area contributed by atoms with Gasteiger partial charge in [-0.25, -0.2) is 0 Å². The fourth-order valence-corrected chi connectivity index (χ4v) is 4.76. The van der Waals surface area contributed by atoms with Gasteiger partial charge in [-0.15, -0.1) is 0 Å². The number of ether oxygens (including phenoxy) is 1. The largest absolute Gasteiger partial charge is 0.507 e. The van der Waals surface area contributed by atoms with Crippen molar-refractivity contribution >= 4 is 16.8 Å². The van der Waals surface area contributed by atoms with E-state index in [1.807, 2.05) is 6.07 Å². The van der Waals surface area contributed by atoms with Gasteiger partial charge in [0.15, 0.2) is 0 Å². The second-order valence-corrected chi connectivity index (χ2v) is 8.34. The molecule has 2 aromatic carbocycles. The number of rotatable bonds is 5. The monoisotopic (exact) mass is 405 g/mol. The Morgan fingerprint density at radius 1 is 1.13 bits per heavy atom. The van der Waals surface area contributed by atoms with Gasteiger partial charge in [-0.1, -0.05) is 12.5 Å².